The monoisotopic (exact) mass is 355 g/mol. The van der Waals surface area contributed by atoms with E-state index in [1.807, 2.05) is 35.2 Å². The van der Waals surface area contributed by atoms with Crippen LogP contribution in [-0.4, -0.2) is 57.6 Å². The molecule has 2 aromatic heterocycles. The van der Waals surface area contributed by atoms with Crippen LogP contribution in [0, 0.1) is 0 Å². The number of morpholine rings is 1. The van der Waals surface area contributed by atoms with E-state index < -0.39 is 0 Å². The number of benzene rings is 1. The molecule has 0 bridgehead atoms. The lowest BCUT2D eigenvalue weighted by atomic mass is 10.3. The van der Waals surface area contributed by atoms with Crippen LogP contribution in [0.15, 0.2) is 40.9 Å². The van der Waals surface area contributed by atoms with Gasteiger partial charge in [0.05, 0.1) is 25.4 Å². The standard InChI is InChI=1S/C16H17N7O3/c24-16(13-10-14(19-26-13)22-6-8-25-9-7-22)17-11-15-18-20-21-23(15)12-4-2-1-3-5-12/h1-5,10H,6-9,11H2,(H,17,24). The molecule has 1 aromatic carbocycles. The van der Waals surface area contributed by atoms with Gasteiger partial charge in [0.25, 0.3) is 5.91 Å². The van der Waals surface area contributed by atoms with Crippen molar-refractivity contribution in [2.45, 2.75) is 6.54 Å². The van der Waals surface area contributed by atoms with E-state index in [2.05, 4.69) is 26.0 Å². The maximum Gasteiger partial charge on any atom is 0.290 e. The molecule has 0 radical (unpaired) electrons. The fourth-order valence-corrected chi connectivity index (χ4v) is 2.65. The minimum atomic E-state index is -0.375. The zero-order valence-electron chi connectivity index (χ0n) is 13.9. The van der Waals surface area contributed by atoms with E-state index in [1.165, 1.54) is 0 Å². The largest absolute Gasteiger partial charge is 0.378 e. The molecule has 1 saturated heterocycles. The molecule has 0 saturated carbocycles. The van der Waals surface area contributed by atoms with Crippen molar-refractivity contribution in [3.05, 3.63) is 48.0 Å². The Kier molecular flexibility index (Phi) is 4.56. The summed E-state index contributed by atoms with van der Waals surface area (Å²) in [5.41, 5.74) is 0.816. The van der Waals surface area contributed by atoms with Crippen LogP contribution in [-0.2, 0) is 11.3 Å². The van der Waals surface area contributed by atoms with Crippen LogP contribution in [0.5, 0.6) is 0 Å². The number of ether oxygens (including phenoxy) is 1. The van der Waals surface area contributed by atoms with Crippen LogP contribution in [0.2, 0.25) is 0 Å². The molecule has 0 spiro atoms. The number of hydrogen-bond donors (Lipinski definition) is 1. The summed E-state index contributed by atoms with van der Waals surface area (Å²) in [5.74, 6) is 0.912. The Morgan fingerprint density at radius 1 is 1.19 bits per heavy atom. The minimum absolute atomic E-state index is 0.144. The number of hydrogen-bond acceptors (Lipinski definition) is 8. The Hall–Kier alpha value is -3.27. The van der Waals surface area contributed by atoms with Crippen molar-refractivity contribution in [2.24, 2.45) is 0 Å². The molecular formula is C16H17N7O3. The van der Waals surface area contributed by atoms with E-state index in [4.69, 9.17) is 9.26 Å². The number of carbonyl (C=O) groups excluding carboxylic acids is 1. The first-order valence-electron chi connectivity index (χ1n) is 8.21. The van der Waals surface area contributed by atoms with Gasteiger partial charge in [0.2, 0.25) is 5.76 Å². The van der Waals surface area contributed by atoms with E-state index in [0.29, 0.717) is 24.9 Å². The van der Waals surface area contributed by atoms with Crippen molar-refractivity contribution < 1.29 is 14.1 Å². The van der Waals surface area contributed by atoms with Crippen molar-refractivity contribution in [3.8, 4) is 5.69 Å². The number of nitrogens with zero attached hydrogens (tertiary/aromatic N) is 6. The summed E-state index contributed by atoms with van der Waals surface area (Å²) < 4.78 is 12.0. The molecule has 26 heavy (non-hydrogen) atoms. The molecule has 0 unspecified atom stereocenters. The fourth-order valence-electron chi connectivity index (χ4n) is 2.65. The number of anilines is 1. The zero-order chi connectivity index (χ0) is 17.8. The van der Waals surface area contributed by atoms with Crippen LogP contribution >= 0.6 is 0 Å². The summed E-state index contributed by atoms with van der Waals surface area (Å²) in [4.78, 5) is 14.3. The molecule has 10 nitrogen and oxygen atoms in total. The van der Waals surface area contributed by atoms with E-state index in [0.717, 1.165) is 18.8 Å². The van der Waals surface area contributed by atoms with Gasteiger partial charge in [0.1, 0.15) is 0 Å². The molecule has 1 amide bonds. The Morgan fingerprint density at radius 3 is 2.81 bits per heavy atom. The second-order valence-electron chi connectivity index (χ2n) is 5.67. The van der Waals surface area contributed by atoms with Gasteiger partial charge < -0.3 is 19.5 Å². The number of para-hydroxylation sites is 1. The first-order chi connectivity index (χ1) is 12.8. The van der Waals surface area contributed by atoms with Crippen LogP contribution < -0.4 is 10.2 Å². The predicted octanol–water partition coefficient (Wildman–Crippen LogP) is 0.417. The number of tetrazole rings is 1. The topological polar surface area (TPSA) is 111 Å². The lowest BCUT2D eigenvalue weighted by Gasteiger charge is -2.25. The van der Waals surface area contributed by atoms with Crippen molar-refractivity contribution >= 4 is 11.7 Å². The third kappa shape index (κ3) is 3.40. The fraction of sp³-hybridized carbons (Fsp3) is 0.312. The molecular weight excluding hydrogens is 338 g/mol. The summed E-state index contributed by atoms with van der Waals surface area (Å²) in [6.45, 7) is 2.88. The second kappa shape index (κ2) is 7.31. The SMILES string of the molecule is O=C(NCc1nnnn1-c1ccccc1)c1cc(N2CCOCC2)no1. The molecule has 0 aliphatic carbocycles. The molecule has 4 rings (SSSR count). The van der Waals surface area contributed by atoms with E-state index in [9.17, 15) is 4.79 Å². The van der Waals surface area contributed by atoms with E-state index in [-0.39, 0.29) is 18.2 Å². The molecule has 0 atom stereocenters. The van der Waals surface area contributed by atoms with Gasteiger partial charge in [-0.25, -0.2) is 0 Å². The lowest BCUT2D eigenvalue weighted by molar-refractivity contribution is 0.0912. The van der Waals surface area contributed by atoms with Gasteiger partial charge in [-0.15, -0.1) is 5.10 Å². The van der Waals surface area contributed by atoms with Gasteiger partial charge in [-0.1, -0.05) is 23.4 Å². The normalized spacial score (nSPS) is 14.4. The van der Waals surface area contributed by atoms with E-state index in [1.54, 1.807) is 10.7 Å². The number of amides is 1. The highest BCUT2D eigenvalue weighted by molar-refractivity contribution is 5.91. The molecule has 1 N–H and O–H groups in total. The number of aromatic nitrogens is 5. The van der Waals surface area contributed by atoms with Gasteiger partial charge in [-0.2, -0.15) is 4.68 Å². The molecule has 3 heterocycles. The third-order valence-electron chi connectivity index (χ3n) is 4.00. The number of rotatable bonds is 5. The Labute approximate surface area is 148 Å². The summed E-state index contributed by atoms with van der Waals surface area (Å²) in [6, 6.07) is 11.1. The average molecular weight is 355 g/mol. The number of nitrogens with one attached hydrogen (secondary N) is 1. The quantitative estimate of drug-likeness (QED) is 0.701. The van der Waals surface area contributed by atoms with Crippen molar-refractivity contribution in [1.82, 2.24) is 30.7 Å². The van der Waals surface area contributed by atoms with Crippen LogP contribution in [0.3, 0.4) is 0 Å². The first-order valence-corrected chi connectivity index (χ1v) is 8.21. The molecule has 134 valence electrons. The highest BCUT2D eigenvalue weighted by atomic mass is 16.5. The zero-order valence-corrected chi connectivity index (χ0v) is 13.9. The first kappa shape index (κ1) is 16.2. The third-order valence-corrected chi connectivity index (χ3v) is 4.00. The van der Waals surface area contributed by atoms with E-state index >= 15 is 0 Å². The molecule has 1 aliphatic heterocycles. The molecule has 10 heteroatoms. The van der Waals surface area contributed by atoms with Crippen LogP contribution in [0.25, 0.3) is 5.69 Å². The smallest absolute Gasteiger partial charge is 0.290 e. The van der Waals surface area contributed by atoms with Gasteiger partial charge in [0.15, 0.2) is 11.6 Å². The van der Waals surface area contributed by atoms with Crippen LogP contribution in [0.1, 0.15) is 16.4 Å². The lowest BCUT2D eigenvalue weighted by Crippen LogP contribution is -2.36. The average Bonchev–Trinajstić information content (AvgIpc) is 3.37. The predicted molar refractivity (Wildman–Crippen MR) is 89.9 cm³/mol. The summed E-state index contributed by atoms with van der Waals surface area (Å²) >= 11 is 0. The summed E-state index contributed by atoms with van der Waals surface area (Å²) in [5, 5.41) is 18.3. The molecule has 3 aromatic rings. The van der Waals surface area contributed by atoms with Gasteiger partial charge >= 0.3 is 0 Å². The second-order valence-corrected chi connectivity index (χ2v) is 5.67. The summed E-state index contributed by atoms with van der Waals surface area (Å²) in [6.07, 6.45) is 0. The Bertz CT molecular complexity index is 871. The highest BCUT2D eigenvalue weighted by Crippen LogP contribution is 2.16. The van der Waals surface area contributed by atoms with Crippen molar-refractivity contribution in [1.29, 1.82) is 0 Å². The maximum absolute atomic E-state index is 12.3. The van der Waals surface area contributed by atoms with Gasteiger partial charge in [-0.05, 0) is 22.6 Å². The van der Waals surface area contributed by atoms with Gasteiger partial charge in [-0.3, -0.25) is 4.79 Å². The Morgan fingerprint density at radius 2 is 2.00 bits per heavy atom. The van der Waals surface area contributed by atoms with Gasteiger partial charge in [0, 0.05) is 19.2 Å². The summed E-state index contributed by atoms with van der Waals surface area (Å²) in [7, 11) is 0. The highest BCUT2D eigenvalue weighted by Gasteiger charge is 2.19. The molecule has 1 aliphatic rings. The Balaban J connectivity index is 1.41. The van der Waals surface area contributed by atoms with Crippen LogP contribution in [0.4, 0.5) is 5.82 Å². The molecule has 1 fully saturated rings. The van der Waals surface area contributed by atoms with Crippen molar-refractivity contribution in [2.75, 3.05) is 31.2 Å². The minimum Gasteiger partial charge on any atom is -0.378 e. The number of carbonyl (C=O) groups is 1. The maximum atomic E-state index is 12.3. The van der Waals surface area contributed by atoms with Crippen molar-refractivity contribution in [3.63, 3.8) is 0 Å².